The summed E-state index contributed by atoms with van der Waals surface area (Å²) in [5.41, 5.74) is -0.0377. The first-order valence-corrected chi connectivity index (χ1v) is 5.34. The Bertz CT molecular complexity index is 294. The van der Waals surface area contributed by atoms with Gasteiger partial charge >= 0.3 is 0 Å². The normalized spacial score (nSPS) is 12.0. The lowest BCUT2D eigenvalue weighted by Gasteiger charge is -2.22. The van der Waals surface area contributed by atoms with Crippen LogP contribution < -0.4 is 5.32 Å². The lowest BCUT2D eigenvalue weighted by Crippen LogP contribution is -2.34. The first-order valence-electron chi connectivity index (χ1n) is 5.34. The topological polar surface area (TPSA) is 50.1 Å². The maximum Gasteiger partial charge on any atom is 0.105 e. The van der Waals surface area contributed by atoms with Gasteiger partial charge in [0.1, 0.15) is 5.82 Å². The molecule has 0 aliphatic heterocycles. The fourth-order valence-corrected chi connectivity index (χ4v) is 1.32. The number of rotatable bonds is 6. The van der Waals surface area contributed by atoms with Gasteiger partial charge in [-0.25, -0.2) is 4.98 Å². The van der Waals surface area contributed by atoms with Gasteiger partial charge in [0.2, 0.25) is 0 Å². The quantitative estimate of drug-likeness (QED) is 0.684. The van der Waals surface area contributed by atoms with Crippen LogP contribution >= 0.6 is 0 Å². The third-order valence-electron chi connectivity index (χ3n) is 2.48. The van der Waals surface area contributed by atoms with Gasteiger partial charge in [-0.3, -0.25) is 0 Å². The monoisotopic (exact) mass is 211 g/mol. The zero-order valence-electron chi connectivity index (χ0n) is 9.82. The second-order valence-corrected chi connectivity index (χ2v) is 4.67. The van der Waals surface area contributed by atoms with E-state index in [0.717, 1.165) is 25.5 Å². The van der Waals surface area contributed by atoms with Gasteiger partial charge < -0.3 is 15.0 Å². The van der Waals surface area contributed by atoms with Crippen molar-refractivity contribution in [1.29, 1.82) is 0 Å². The molecule has 86 valence electrons. The smallest absolute Gasteiger partial charge is 0.105 e. The number of aliphatic hydroxyl groups is 1. The Balaban J connectivity index is 2.20. The molecular formula is C11H21N3O. The van der Waals surface area contributed by atoms with Crippen molar-refractivity contribution in [2.75, 3.05) is 19.7 Å². The molecule has 1 aromatic rings. The number of nitrogens with zero attached hydrogens (tertiary/aromatic N) is 2. The molecule has 1 heterocycles. The van der Waals surface area contributed by atoms with E-state index in [1.807, 2.05) is 33.2 Å². The Morgan fingerprint density at radius 1 is 1.53 bits per heavy atom. The van der Waals surface area contributed by atoms with Crippen molar-refractivity contribution in [2.45, 2.75) is 27.3 Å². The highest BCUT2D eigenvalue weighted by Crippen LogP contribution is 2.10. The number of nitrogens with one attached hydrogen (secondary N) is 1. The molecule has 1 aromatic heterocycles. The molecule has 0 unspecified atom stereocenters. The van der Waals surface area contributed by atoms with E-state index in [0.29, 0.717) is 0 Å². The zero-order chi connectivity index (χ0) is 11.3. The van der Waals surface area contributed by atoms with E-state index in [4.69, 9.17) is 5.11 Å². The minimum Gasteiger partial charge on any atom is -0.396 e. The van der Waals surface area contributed by atoms with Crippen LogP contribution in [0.2, 0.25) is 0 Å². The molecule has 4 heteroatoms. The van der Waals surface area contributed by atoms with Crippen molar-refractivity contribution in [3.63, 3.8) is 0 Å². The highest BCUT2D eigenvalue weighted by molar-refractivity contribution is 4.88. The SMILES string of the molecule is Cc1nccn1CCNCC(C)(C)CO. The lowest BCUT2D eigenvalue weighted by molar-refractivity contribution is 0.157. The minimum absolute atomic E-state index is 0.0377. The average Bonchev–Trinajstić information content (AvgIpc) is 2.59. The Labute approximate surface area is 91.3 Å². The van der Waals surface area contributed by atoms with Crippen molar-refractivity contribution < 1.29 is 5.11 Å². The third-order valence-corrected chi connectivity index (χ3v) is 2.48. The predicted octanol–water partition coefficient (Wildman–Crippen LogP) is 0.800. The summed E-state index contributed by atoms with van der Waals surface area (Å²) >= 11 is 0. The maximum absolute atomic E-state index is 9.07. The number of aryl methyl sites for hydroxylation is 1. The number of hydrogen-bond acceptors (Lipinski definition) is 3. The Morgan fingerprint density at radius 3 is 2.80 bits per heavy atom. The molecule has 0 saturated heterocycles. The summed E-state index contributed by atoms with van der Waals surface area (Å²) < 4.78 is 2.11. The van der Waals surface area contributed by atoms with Crippen molar-refractivity contribution in [3.8, 4) is 0 Å². The van der Waals surface area contributed by atoms with E-state index in [1.165, 1.54) is 0 Å². The van der Waals surface area contributed by atoms with Crippen LogP contribution in [0.25, 0.3) is 0 Å². The molecule has 0 atom stereocenters. The fraction of sp³-hybridized carbons (Fsp3) is 0.727. The maximum atomic E-state index is 9.07. The van der Waals surface area contributed by atoms with E-state index in [9.17, 15) is 0 Å². The van der Waals surface area contributed by atoms with Crippen molar-refractivity contribution in [1.82, 2.24) is 14.9 Å². The predicted molar refractivity (Wildman–Crippen MR) is 60.7 cm³/mol. The second-order valence-electron chi connectivity index (χ2n) is 4.67. The summed E-state index contributed by atoms with van der Waals surface area (Å²) in [4.78, 5) is 4.16. The van der Waals surface area contributed by atoms with Gasteiger partial charge in [0, 0.05) is 44.0 Å². The van der Waals surface area contributed by atoms with Crippen molar-refractivity contribution in [2.24, 2.45) is 5.41 Å². The van der Waals surface area contributed by atoms with Crippen LogP contribution in [0.3, 0.4) is 0 Å². The molecule has 0 aliphatic carbocycles. The first-order chi connectivity index (χ1) is 7.05. The fourth-order valence-electron chi connectivity index (χ4n) is 1.32. The zero-order valence-corrected chi connectivity index (χ0v) is 9.82. The minimum atomic E-state index is -0.0377. The molecule has 0 aliphatic rings. The third kappa shape index (κ3) is 4.01. The molecule has 0 saturated carbocycles. The van der Waals surface area contributed by atoms with Gasteiger partial charge in [-0.1, -0.05) is 13.8 Å². The summed E-state index contributed by atoms with van der Waals surface area (Å²) in [5, 5.41) is 12.4. The molecule has 0 aromatic carbocycles. The highest BCUT2D eigenvalue weighted by Gasteiger charge is 2.14. The van der Waals surface area contributed by atoms with E-state index in [2.05, 4.69) is 14.9 Å². The van der Waals surface area contributed by atoms with E-state index >= 15 is 0 Å². The van der Waals surface area contributed by atoms with Crippen LogP contribution in [0.5, 0.6) is 0 Å². The van der Waals surface area contributed by atoms with Gasteiger partial charge in [0.25, 0.3) is 0 Å². The van der Waals surface area contributed by atoms with Crippen LogP contribution in [0.1, 0.15) is 19.7 Å². The van der Waals surface area contributed by atoms with E-state index in [-0.39, 0.29) is 12.0 Å². The molecule has 0 radical (unpaired) electrons. The molecule has 0 spiro atoms. The van der Waals surface area contributed by atoms with E-state index < -0.39 is 0 Å². The summed E-state index contributed by atoms with van der Waals surface area (Å²) in [6.07, 6.45) is 3.79. The average molecular weight is 211 g/mol. The number of hydrogen-bond donors (Lipinski definition) is 2. The molecule has 0 fully saturated rings. The molecule has 2 N–H and O–H groups in total. The molecule has 0 amide bonds. The standard InChI is InChI=1S/C11H21N3O/c1-10-13-5-7-14(10)6-4-12-8-11(2,3)9-15/h5,7,12,15H,4,6,8-9H2,1-3H3. The van der Waals surface area contributed by atoms with Gasteiger partial charge in [-0.05, 0) is 6.92 Å². The van der Waals surface area contributed by atoms with Gasteiger partial charge in [-0.15, -0.1) is 0 Å². The Morgan fingerprint density at radius 2 is 2.27 bits per heavy atom. The van der Waals surface area contributed by atoms with Crippen LogP contribution in [-0.4, -0.2) is 34.4 Å². The largest absolute Gasteiger partial charge is 0.396 e. The van der Waals surface area contributed by atoms with E-state index in [1.54, 1.807) is 0 Å². The van der Waals surface area contributed by atoms with Crippen LogP contribution in [0, 0.1) is 12.3 Å². The van der Waals surface area contributed by atoms with Crippen LogP contribution in [-0.2, 0) is 6.54 Å². The van der Waals surface area contributed by atoms with Gasteiger partial charge in [0.15, 0.2) is 0 Å². The van der Waals surface area contributed by atoms with Crippen LogP contribution in [0.4, 0.5) is 0 Å². The summed E-state index contributed by atoms with van der Waals surface area (Å²) in [7, 11) is 0. The molecule has 0 bridgehead atoms. The molecular weight excluding hydrogens is 190 g/mol. The Kier molecular flexibility index (Phi) is 4.29. The van der Waals surface area contributed by atoms with Crippen LogP contribution in [0.15, 0.2) is 12.4 Å². The van der Waals surface area contributed by atoms with Crippen molar-refractivity contribution >= 4 is 0 Å². The number of imidazole rings is 1. The summed E-state index contributed by atoms with van der Waals surface area (Å²) in [6.45, 7) is 8.96. The molecule has 1 rings (SSSR count). The second kappa shape index (κ2) is 5.28. The highest BCUT2D eigenvalue weighted by atomic mass is 16.3. The van der Waals surface area contributed by atoms with Gasteiger partial charge in [0.05, 0.1) is 0 Å². The summed E-state index contributed by atoms with van der Waals surface area (Å²) in [6, 6.07) is 0. The van der Waals surface area contributed by atoms with Crippen molar-refractivity contribution in [3.05, 3.63) is 18.2 Å². The molecule has 4 nitrogen and oxygen atoms in total. The Hall–Kier alpha value is -0.870. The van der Waals surface area contributed by atoms with Gasteiger partial charge in [-0.2, -0.15) is 0 Å². The molecule has 15 heavy (non-hydrogen) atoms. The number of aromatic nitrogens is 2. The number of aliphatic hydroxyl groups excluding tert-OH is 1. The summed E-state index contributed by atoms with van der Waals surface area (Å²) in [5.74, 6) is 1.04. The first kappa shape index (κ1) is 12.2. The lowest BCUT2D eigenvalue weighted by atomic mass is 9.95.